The minimum atomic E-state index is -0.711. The zero-order valence-electron chi connectivity index (χ0n) is 13.0. The highest BCUT2D eigenvalue weighted by molar-refractivity contribution is 6.20. The van der Waals surface area contributed by atoms with Crippen molar-refractivity contribution in [1.29, 1.82) is 0 Å². The molecule has 0 fully saturated rings. The van der Waals surface area contributed by atoms with Crippen molar-refractivity contribution in [3.05, 3.63) is 65.2 Å². The fraction of sp³-hybridized carbons (Fsp3) is 0.167. The molecule has 0 radical (unpaired) electrons. The van der Waals surface area contributed by atoms with Crippen LogP contribution in [0.3, 0.4) is 0 Å². The molecule has 0 saturated carbocycles. The molecule has 0 bridgehead atoms. The Labute approximate surface area is 138 Å². The Hall–Kier alpha value is -3.15. The highest BCUT2D eigenvalue weighted by atomic mass is 16.7. The lowest BCUT2D eigenvalue weighted by atomic mass is 10.1. The second-order valence-corrected chi connectivity index (χ2v) is 5.33. The highest BCUT2D eigenvalue weighted by Gasteiger charge is 2.38. The van der Waals surface area contributed by atoms with Crippen LogP contribution in [-0.4, -0.2) is 29.5 Å². The number of nitrogens with zero attached hydrogens (tertiary/aromatic N) is 1. The second-order valence-electron chi connectivity index (χ2n) is 5.33. The zero-order valence-corrected chi connectivity index (χ0v) is 13.0. The number of carbonyl (C=O) groups excluding carboxylic acids is 3. The Bertz CT molecular complexity index is 780. The third kappa shape index (κ3) is 3.12. The van der Waals surface area contributed by atoms with Crippen molar-refractivity contribution in [2.75, 3.05) is 6.61 Å². The molecule has 1 aliphatic heterocycles. The first-order chi connectivity index (χ1) is 11.6. The number of aryl methyl sites for hydroxylation is 1. The van der Waals surface area contributed by atoms with Gasteiger partial charge in [0.1, 0.15) is 5.75 Å². The van der Waals surface area contributed by atoms with Crippen molar-refractivity contribution in [1.82, 2.24) is 5.06 Å². The fourth-order valence-corrected chi connectivity index (χ4v) is 2.35. The van der Waals surface area contributed by atoms with Gasteiger partial charge in [-0.15, -0.1) is 0 Å². The molecule has 0 saturated heterocycles. The van der Waals surface area contributed by atoms with Crippen molar-refractivity contribution < 1.29 is 24.0 Å². The molecule has 2 amide bonds. The van der Waals surface area contributed by atoms with Gasteiger partial charge >= 0.3 is 5.97 Å². The summed E-state index contributed by atoms with van der Waals surface area (Å²) in [6, 6.07) is 13.7. The van der Waals surface area contributed by atoms with Gasteiger partial charge in [-0.05, 0) is 36.8 Å². The lowest BCUT2D eigenvalue weighted by molar-refractivity contribution is -0.169. The van der Waals surface area contributed by atoms with E-state index < -0.39 is 17.8 Å². The number of amides is 2. The number of hydrogen-bond acceptors (Lipinski definition) is 5. The van der Waals surface area contributed by atoms with Crippen LogP contribution in [0.1, 0.15) is 32.7 Å². The molecule has 0 N–H and O–H groups in total. The Balaban J connectivity index is 1.54. The molecule has 24 heavy (non-hydrogen) atoms. The summed E-state index contributed by atoms with van der Waals surface area (Å²) in [4.78, 5) is 40.9. The Morgan fingerprint density at radius 3 is 2.29 bits per heavy atom. The van der Waals surface area contributed by atoms with E-state index in [-0.39, 0.29) is 24.2 Å². The summed E-state index contributed by atoms with van der Waals surface area (Å²) in [5.41, 5.74) is 1.50. The van der Waals surface area contributed by atoms with Gasteiger partial charge in [-0.2, -0.15) is 0 Å². The summed E-state index contributed by atoms with van der Waals surface area (Å²) >= 11 is 0. The highest BCUT2D eigenvalue weighted by Crippen LogP contribution is 2.22. The molecular formula is C18H15NO5. The molecular weight excluding hydrogens is 310 g/mol. The lowest BCUT2D eigenvalue weighted by Crippen LogP contribution is -2.33. The fourth-order valence-electron chi connectivity index (χ4n) is 2.35. The van der Waals surface area contributed by atoms with Crippen molar-refractivity contribution in [2.24, 2.45) is 0 Å². The summed E-state index contributed by atoms with van der Waals surface area (Å²) in [5.74, 6) is -1.34. The van der Waals surface area contributed by atoms with Crippen LogP contribution in [0.2, 0.25) is 0 Å². The second kappa shape index (κ2) is 6.54. The quantitative estimate of drug-likeness (QED) is 0.790. The number of hydroxylamine groups is 2. The predicted octanol–water partition coefficient (Wildman–Crippen LogP) is 2.52. The molecule has 1 heterocycles. The number of ether oxygens (including phenoxy) is 1. The smallest absolute Gasteiger partial charge is 0.336 e. The van der Waals surface area contributed by atoms with Crippen molar-refractivity contribution in [3.8, 4) is 5.75 Å². The third-order valence-electron chi connectivity index (χ3n) is 3.51. The molecule has 0 aliphatic carbocycles. The summed E-state index contributed by atoms with van der Waals surface area (Å²) in [6.45, 7) is 2.02. The van der Waals surface area contributed by atoms with Crippen molar-refractivity contribution in [3.63, 3.8) is 0 Å². The Morgan fingerprint density at radius 1 is 1.00 bits per heavy atom. The maximum Gasteiger partial charge on any atom is 0.336 e. The number of rotatable bonds is 5. The van der Waals surface area contributed by atoms with Gasteiger partial charge in [0.25, 0.3) is 11.8 Å². The largest absolute Gasteiger partial charge is 0.493 e. The summed E-state index contributed by atoms with van der Waals surface area (Å²) in [5, 5.41) is 0.500. The Morgan fingerprint density at radius 2 is 1.67 bits per heavy atom. The third-order valence-corrected chi connectivity index (χ3v) is 3.51. The first-order valence-electron chi connectivity index (χ1n) is 7.44. The molecule has 2 aromatic rings. The van der Waals surface area contributed by atoms with Crippen LogP contribution in [0, 0.1) is 6.92 Å². The van der Waals surface area contributed by atoms with E-state index in [0.29, 0.717) is 10.8 Å². The van der Waals surface area contributed by atoms with E-state index in [1.54, 1.807) is 18.2 Å². The number of hydrogen-bond donors (Lipinski definition) is 0. The molecule has 1 aliphatic rings. The van der Waals surface area contributed by atoms with E-state index in [1.807, 2.05) is 25.1 Å². The van der Waals surface area contributed by atoms with E-state index in [9.17, 15) is 14.4 Å². The molecule has 6 nitrogen and oxygen atoms in total. The minimum Gasteiger partial charge on any atom is -0.493 e. The molecule has 0 spiro atoms. The molecule has 3 rings (SSSR count). The van der Waals surface area contributed by atoms with E-state index >= 15 is 0 Å². The van der Waals surface area contributed by atoms with E-state index in [0.717, 1.165) is 5.56 Å². The number of imide groups is 1. The SMILES string of the molecule is Cc1cccc(OCCC(=O)ON2C(=O)c3ccccc3C2=O)c1. The Kier molecular flexibility index (Phi) is 4.29. The van der Waals surface area contributed by atoms with Gasteiger partial charge in [0.05, 0.1) is 24.2 Å². The average Bonchev–Trinajstić information content (AvgIpc) is 2.80. The maximum atomic E-state index is 12.1. The normalized spacial score (nSPS) is 13.0. The number of fused-ring (bicyclic) bond motifs is 1. The van der Waals surface area contributed by atoms with Crippen LogP contribution < -0.4 is 4.74 Å². The lowest BCUT2D eigenvalue weighted by Gasteiger charge is -2.13. The average molecular weight is 325 g/mol. The molecule has 6 heteroatoms. The number of benzene rings is 2. The van der Waals surface area contributed by atoms with Gasteiger partial charge < -0.3 is 9.57 Å². The van der Waals surface area contributed by atoms with Gasteiger partial charge in [0.15, 0.2) is 0 Å². The molecule has 0 unspecified atom stereocenters. The summed E-state index contributed by atoms with van der Waals surface area (Å²) in [7, 11) is 0. The molecule has 2 aromatic carbocycles. The summed E-state index contributed by atoms with van der Waals surface area (Å²) in [6.07, 6.45) is -0.0820. The van der Waals surface area contributed by atoms with Crippen LogP contribution in [0.4, 0.5) is 0 Å². The van der Waals surface area contributed by atoms with Crippen LogP contribution >= 0.6 is 0 Å². The van der Waals surface area contributed by atoms with E-state index in [2.05, 4.69) is 0 Å². The van der Waals surface area contributed by atoms with Gasteiger partial charge in [-0.25, -0.2) is 4.79 Å². The number of carbonyl (C=O) groups is 3. The topological polar surface area (TPSA) is 72.9 Å². The van der Waals surface area contributed by atoms with Crippen LogP contribution in [0.15, 0.2) is 48.5 Å². The van der Waals surface area contributed by atoms with Crippen molar-refractivity contribution in [2.45, 2.75) is 13.3 Å². The molecule has 0 aromatic heterocycles. The van der Waals surface area contributed by atoms with Crippen LogP contribution in [0.25, 0.3) is 0 Å². The van der Waals surface area contributed by atoms with Gasteiger partial charge in [-0.1, -0.05) is 29.3 Å². The molecule has 122 valence electrons. The van der Waals surface area contributed by atoms with Gasteiger partial charge in [0, 0.05) is 0 Å². The first-order valence-corrected chi connectivity index (χ1v) is 7.44. The summed E-state index contributed by atoms with van der Waals surface area (Å²) < 4.78 is 5.45. The minimum absolute atomic E-state index is 0.0820. The molecule has 0 atom stereocenters. The van der Waals surface area contributed by atoms with Crippen LogP contribution in [0.5, 0.6) is 5.75 Å². The first kappa shape index (κ1) is 15.7. The van der Waals surface area contributed by atoms with Crippen molar-refractivity contribution >= 4 is 17.8 Å². The van der Waals surface area contributed by atoms with Gasteiger partial charge in [0.2, 0.25) is 0 Å². The monoisotopic (exact) mass is 325 g/mol. The van der Waals surface area contributed by atoms with E-state index in [4.69, 9.17) is 9.57 Å². The zero-order chi connectivity index (χ0) is 17.1. The predicted molar refractivity (Wildman–Crippen MR) is 84.3 cm³/mol. The standard InChI is InChI=1S/C18H15NO5/c1-12-5-4-6-13(11-12)23-10-9-16(20)24-19-17(21)14-7-2-3-8-15(14)18(19)22/h2-8,11H,9-10H2,1H3. The maximum absolute atomic E-state index is 12.1. The van der Waals surface area contributed by atoms with Crippen LogP contribution in [-0.2, 0) is 9.63 Å². The van der Waals surface area contributed by atoms with E-state index in [1.165, 1.54) is 12.1 Å². The van der Waals surface area contributed by atoms with Gasteiger partial charge in [-0.3, -0.25) is 9.59 Å².